The zero-order valence-corrected chi connectivity index (χ0v) is 16.3. The van der Waals surface area contributed by atoms with E-state index in [-0.39, 0.29) is 5.91 Å². The van der Waals surface area contributed by atoms with Gasteiger partial charge in [0, 0.05) is 17.5 Å². The second-order valence-electron chi connectivity index (χ2n) is 7.07. The summed E-state index contributed by atoms with van der Waals surface area (Å²) in [5, 5.41) is 2.07. The summed E-state index contributed by atoms with van der Waals surface area (Å²) in [5.74, 6) is 2.75. The van der Waals surface area contributed by atoms with E-state index in [1.165, 1.54) is 4.88 Å². The topological polar surface area (TPSA) is 49.8 Å². The average molecular weight is 385 g/mol. The van der Waals surface area contributed by atoms with Crippen molar-refractivity contribution in [1.29, 1.82) is 0 Å². The van der Waals surface area contributed by atoms with E-state index in [1.54, 1.807) is 17.6 Å². The minimum atomic E-state index is 0.148. The highest BCUT2D eigenvalue weighted by Crippen LogP contribution is 2.29. The fourth-order valence-electron chi connectivity index (χ4n) is 3.24. The molecule has 0 saturated heterocycles. The van der Waals surface area contributed by atoms with Crippen molar-refractivity contribution in [3.05, 3.63) is 70.2 Å². The SMILES string of the molecule is Cc1ccc(CN(C(=O)CN(Cc2ccco2)Cc2cccs2)C2CC2)o1. The van der Waals surface area contributed by atoms with Gasteiger partial charge in [-0.05, 0) is 55.5 Å². The summed E-state index contributed by atoms with van der Waals surface area (Å²) in [4.78, 5) is 18.5. The number of aryl methyl sites for hydroxylation is 1. The number of hydrogen-bond donors (Lipinski definition) is 0. The largest absolute Gasteiger partial charge is 0.468 e. The van der Waals surface area contributed by atoms with E-state index in [9.17, 15) is 4.79 Å². The Hall–Kier alpha value is -2.31. The second-order valence-corrected chi connectivity index (χ2v) is 8.10. The van der Waals surface area contributed by atoms with Crippen molar-refractivity contribution < 1.29 is 13.6 Å². The van der Waals surface area contributed by atoms with E-state index in [0.717, 1.165) is 36.7 Å². The molecule has 1 aliphatic carbocycles. The Morgan fingerprint density at radius 3 is 2.63 bits per heavy atom. The molecule has 142 valence electrons. The highest BCUT2D eigenvalue weighted by atomic mass is 32.1. The standard InChI is InChI=1S/C21H24N2O3S/c1-16-6-9-19(26-16)13-23(17-7-8-17)21(24)15-22(12-18-4-2-10-25-18)14-20-5-3-11-27-20/h2-6,9-11,17H,7-8,12-15H2,1H3. The summed E-state index contributed by atoms with van der Waals surface area (Å²) >= 11 is 1.71. The number of rotatable bonds is 9. The number of amides is 1. The maximum atomic E-state index is 13.1. The van der Waals surface area contributed by atoms with Crippen molar-refractivity contribution in [2.45, 2.75) is 45.4 Å². The molecule has 0 aliphatic heterocycles. The van der Waals surface area contributed by atoms with Crippen molar-refractivity contribution in [3.8, 4) is 0 Å². The molecule has 1 amide bonds. The molecule has 0 bridgehead atoms. The lowest BCUT2D eigenvalue weighted by Crippen LogP contribution is -2.40. The maximum absolute atomic E-state index is 13.1. The van der Waals surface area contributed by atoms with Crippen LogP contribution in [0.3, 0.4) is 0 Å². The molecule has 4 rings (SSSR count). The zero-order valence-electron chi connectivity index (χ0n) is 15.5. The minimum absolute atomic E-state index is 0.148. The Kier molecular flexibility index (Phi) is 5.45. The third kappa shape index (κ3) is 4.90. The minimum Gasteiger partial charge on any atom is -0.468 e. The van der Waals surface area contributed by atoms with E-state index in [0.29, 0.717) is 25.7 Å². The van der Waals surface area contributed by atoms with Crippen LogP contribution in [0.5, 0.6) is 0 Å². The van der Waals surface area contributed by atoms with E-state index in [2.05, 4.69) is 16.3 Å². The van der Waals surface area contributed by atoms with Crippen molar-refractivity contribution in [2.75, 3.05) is 6.54 Å². The summed E-state index contributed by atoms with van der Waals surface area (Å²) in [6.07, 6.45) is 3.83. The molecule has 0 radical (unpaired) electrons. The number of carbonyl (C=O) groups is 1. The summed E-state index contributed by atoms with van der Waals surface area (Å²) in [6.45, 7) is 4.20. The molecule has 1 fully saturated rings. The number of thiophene rings is 1. The van der Waals surface area contributed by atoms with Crippen molar-refractivity contribution in [2.24, 2.45) is 0 Å². The second kappa shape index (κ2) is 8.15. The van der Waals surface area contributed by atoms with Crippen LogP contribution in [0.25, 0.3) is 0 Å². The van der Waals surface area contributed by atoms with Crippen molar-refractivity contribution >= 4 is 17.2 Å². The van der Waals surface area contributed by atoms with Gasteiger partial charge in [0.1, 0.15) is 17.3 Å². The van der Waals surface area contributed by atoms with Crippen LogP contribution in [0.15, 0.2) is 56.9 Å². The lowest BCUT2D eigenvalue weighted by Gasteiger charge is -2.26. The Balaban J connectivity index is 1.45. The number of furan rings is 2. The molecule has 0 unspecified atom stereocenters. The molecular formula is C21H24N2O3S. The summed E-state index contributed by atoms with van der Waals surface area (Å²) in [5.41, 5.74) is 0. The zero-order chi connectivity index (χ0) is 18.6. The fourth-order valence-corrected chi connectivity index (χ4v) is 3.99. The summed E-state index contributed by atoms with van der Waals surface area (Å²) < 4.78 is 11.2. The molecule has 0 spiro atoms. The summed E-state index contributed by atoms with van der Waals surface area (Å²) in [7, 11) is 0. The first-order valence-electron chi connectivity index (χ1n) is 9.29. The van der Waals surface area contributed by atoms with Crippen molar-refractivity contribution in [1.82, 2.24) is 9.80 Å². The van der Waals surface area contributed by atoms with Gasteiger partial charge in [0.25, 0.3) is 0 Å². The van der Waals surface area contributed by atoms with Crippen LogP contribution in [0.1, 0.15) is 35.0 Å². The molecule has 3 heterocycles. The third-order valence-electron chi connectivity index (χ3n) is 4.71. The number of carbonyl (C=O) groups excluding carboxylic acids is 1. The Bertz CT molecular complexity index is 814. The van der Waals surface area contributed by atoms with Gasteiger partial charge in [-0.25, -0.2) is 0 Å². The van der Waals surface area contributed by atoms with Crippen LogP contribution in [0, 0.1) is 6.92 Å². The van der Waals surface area contributed by atoms with Crippen LogP contribution in [0.2, 0.25) is 0 Å². The van der Waals surface area contributed by atoms with Crippen LogP contribution in [-0.2, 0) is 24.4 Å². The van der Waals surface area contributed by atoms with E-state index < -0.39 is 0 Å². The van der Waals surface area contributed by atoms with Crippen LogP contribution in [0.4, 0.5) is 0 Å². The highest BCUT2D eigenvalue weighted by Gasteiger charge is 2.33. The van der Waals surface area contributed by atoms with Crippen LogP contribution < -0.4 is 0 Å². The van der Waals surface area contributed by atoms with Gasteiger partial charge in [0.2, 0.25) is 5.91 Å². The molecule has 27 heavy (non-hydrogen) atoms. The molecule has 0 atom stereocenters. The van der Waals surface area contributed by atoms with Gasteiger partial charge in [-0.1, -0.05) is 6.07 Å². The molecule has 1 aliphatic rings. The average Bonchev–Trinajstić information content (AvgIpc) is 3.03. The molecule has 3 aromatic rings. The molecular weight excluding hydrogens is 360 g/mol. The van der Waals surface area contributed by atoms with Gasteiger partial charge >= 0.3 is 0 Å². The predicted octanol–water partition coefficient (Wildman–Crippen LogP) is 4.44. The molecule has 1 saturated carbocycles. The lowest BCUT2D eigenvalue weighted by molar-refractivity contribution is -0.134. The van der Waals surface area contributed by atoms with Gasteiger partial charge in [-0.3, -0.25) is 9.69 Å². The number of nitrogens with zero attached hydrogens (tertiary/aromatic N) is 2. The lowest BCUT2D eigenvalue weighted by atomic mass is 10.3. The van der Waals surface area contributed by atoms with E-state index in [4.69, 9.17) is 8.83 Å². The van der Waals surface area contributed by atoms with Gasteiger partial charge in [0.15, 0.2) is 0 Å². The molecule has 3 aromatic heterocycles. The Labute approximate surface area is 163 Å². The highest BCUT2D eigenvalue weighted by molar-refractivity contribution is 7.09. The normalized spacial score (nSPS) is 14.0. The van der Waals surface area contributed by atoms with Crippen LogP contribution in [-0.4, -0.2) is 28.3 Å². The van der Waals surface area contributed by atoms with Gasteiger partial charge < -0.3 is 13.7 Å². The van der Waals surface area contributed by atoms with Crippen molar-refractivity contribution in [3.63, 3.8) is 0 Å². The predicted molar refractivity (Wildman–Crippen MR) is 104 cm³/mol. The monoisotopic (exact) mass is 384 g/mol. The van der Waals surface area contributed by atoms with Gasteiger partial charge in [-0.15, -0.1) is 11.3 Å². The van der Waals surface area contributed by atoms with Crippen LogP contribution >= 0.6 is 11.3 Å². The maximum Gasteiger partial charge on any atom is 0.237 e. The van der Waals surface area contributed by atoms with E-state index >= 15 is 0 Å². The van der Waals surface area contributed by atoms with Gasteiger partial charge in [0.05, 0.1) is 25.9 Å². The van der Waals surface area contributed by atoms with Gasteiger partial charge in [-0.2, -0.15) is 0 Å². The fraction of sp³-hybridized carbons (Fsp3) is 0.381. The van der Waals surface area contributed by atoms with E-state index in [1.807, 2.05) is 42.2 Å². The first kappa shape index (κ1) is 18.1. The molecule has 6 heteroatoms. The quantitative estimate of drug-likeness (QED) is 0.547. The molecule has 0 aromatic carbocycles. The molecule has 5 nitrogen and oxygen atoms in total. The summed E-state index contributed by atoms with van der Waals surface area (Å²) in [6, 6.07) is 12.2. The molecule has 0 N–H and O–H groups in total. The smallest absolute Gasteiger partial charge is 0.237 e. The Morgan fingerprint density at radius 1 is 1.11 bits per heavy atom. The first-order valence-corrected chi connectivity index (χ1v) is 10.2. The Morgan fingerprint density at radius 2 is 2.00 bits per heavy atom. The third-order valence-corrected chi connectivity index (χ3v) is 5.57. The first-order chi connectivity index (χ1) is 13.2. The number of hydrogen-bond acceptors (Lipinski definition) is 5.